The van der Waals surface area contributed by atoms with Crippen LogP contribution < -0.4 is 10.4 Å². The van der Waals surface area contributed by atoms with Crippen LogP contribution >= 0.6 is 0 Å². The van der Waals surface area contributed by atoms with Gasteiger partial charge in [0.05, 0.1) is 0 Å². The highest BCUT2D eigenvalue weighted by atomic mass is 28.4. The molecule has 2 atom stereocenters. The maximum absolute atomic E-state index is 9.48. The van der Waals surface area contributed by atoms with Gasteiger partial charge in [0, 0.05) is 13.2 Å². The first-order valence-corrected chi connectivity index (χ1v) is 18.8. The molecule has 0 heterocycles. The highest BCUT2D eigenvalue weighted by Crippen LogP contribution is 2.38. The van der Waals surface area contributed by atoms with Crippen LogP contribution in [0.1, 0.15) is 61.3 Å². The van der Waals surface area contributed by atoms with E-state index in [0.29, 0.717) is 13.0 Å². The van der Waals surface area contributed by atoms with Crippen LogP contribution in [0, 0.1) is 17.8 Å². The lowest BCUT2D eigenvalue weighted by molar-refractivity contribution is 0.150. The van der Waals surface area contributed by atoms with Crippen LogP contribution in [0.15, 0.2) is 72.8 Å². The van der Waals surface area contributed by atoms with Crippen molar-refractivity contribution in [3.05, 3.63) is 72.8 Å². The van der Waals surface area contributed by atoms with Crippen molar-refractivity contribution in [2.45, 2.75) is 90.6 Å². The van der Waals surface area contributed by atoms with E-state index in [1.807, 2.05) is 6.08 Å². The molecule has 0 saturated carbocycles. The second kappa shape index (κ2) is 13.9. The highest BCUT2D eigenvalue weighted by Gasteiger charge is 2.49. The molecular formula is C33H50O3Si2. The molecule has 0 aromatic heterocycles. The molecule has 38 heavy (non-hydrogen) atoms. The Balaban J connectivity index is 2.19. The SMILES string of the molecule is C[C@H](CCO)[C@H](C#C/C=C/CCO[Si](c1ccccc1)(c1ccccc1)C(C)(C)C)O[Si](C)(C)C(C)(C)C. The summed E-state index contributed by atoms with van der Waals surface area (Å²) in [6.45, 7) is 21.0. The van der Waals surface area contributed by atoms with Crippen LogP contribution in [0.5, 0.6) is 0 Å². The fourth-order valence-corrected chi connectivity index (χ4v) is 10.3. The molecule has 0 spiro atoms. The standard InChI is InChI=1S/C33H50O3Si2/c1-28(25-26-34)31(36-37(8,9)32(2,3)4)24-18-10-11-19-27-35-38(33(5,6)7,29-20-14-12-15-21-29)30-22-16-13-17-23-30/h10-17,20-23,28,31,34H,19,25-27H2,1-9H3/b11-10+/t28-,31+/m1/s1. The van der Waals surface area contributed by atoms with E-state index in [-0.39, 0.29) is 28.7 Å². The lowest BCUT2D eigenvalue weighted by Gasteiger charge is -2.43. The largest absolute Gasteiger partial charge is 0.407 e. The van der Waals surface area contributed by atoms with Crippen molar-refractivity contribution in [2.75, 3.05) is 13.2 Å². The Morgan fingerprint density at radius 3 is 1.84 bits per heavy atom. The van der Waals surface area contributed by atoms with E-state index in [4.69, 9.17) is 8.85 Å². The average Bonchev–Trinajstić information content (AvgIpc) is 2.84. The van der Waals surface area contributed by atoms with E-state index in [1.165, 1.54) is 10.4 Å². The van der Waals surface area contributed by atoms with Gasteiger partial charge in [0.25, 0.3) is 8.32 Å². The van der Waals surface area contributed by atoms with Gasteiger partial charge in [-0.05, 0) is 58.4 Å². The summed E-state index contributed by atoms with van der Waals surface area (Å²) < 4.78 is 13.6. The zero-order chi connectivity index (χ0) is 28.5. The molecule has 208 valence electrons. The second-order valence-corrected chi connectivity index (χ2v) is 21.8. The van der Waals surface area contributed by atoms with Crippen molar-refractivity contribution < 1.29 is 14.0 Å². The van der Waals surface area contributed by atoms with Crippen LogP contribution in [-0.2, 0) is 8.85 Å². The van der Waals surface area contributed by atoms with E-state index in [9.17, 15) is 5.11 Å². The third-order valence-electron chi connectivity index (χ3n) is 7.78. The van der Waals surface area contributed by atoms with Crippen molar-refractivity contribution in [3.8, 4) is 11.8 Å². The molecule has 0 aliphatic rings. The van der Waals surface area contributed by atoms with E-state index >= 15 is 0 Å². The lowest BCUT2D eigenvalue weighted by Crippen LogP contribution is -2.66. The zero-order valence-electron chi connectivity index (χ0n) is 25.2. The lowest BCUT2D eigenvalue weighted by atomic mass is 10.0. The Bertz CT molecular complexity index is 1020. The maximum Gasteiger partial charge on any atom is 0.261 e. The molecule has 0 fully saturated rings. The van der Waals surface area contributed by atoms with Crippen molar-refractivity contribution in [1.82, 2.24) is 0 Å². The van der Waals surface area contributed by atoms with Crippen LogP contribution in [0.25, 0.3) is 0 Å². The molecule has 3 nitrogen and oxygen atoms in total. The first-order valence-electron chi connectivity index (χ1n) is 14.0. The Labute approximate surface area is 234 Å². The summed E-state index contributed by atoms with van der Waals surface area (Å²) in [6.07, 6.45) is 5.33. The molecule has 0 bridgehead atoms. The van der Waals surface area contributed by atoms with Crippen LogP contribution in [-0.4, -0.2) is 41.1 Å². The smallest absolute Gasteiger partial charge is 0.261 e. The third kappa shape index (κ3) is 8.27. The minimum Gasteiger partial charge on any atom is -0.407 e. The topological polar surface area (TPSA) is 38.7 Å². The second-order valence-electron chi connectivity index (χ2n) is 12.8. The molecule has 0 unspecified atom stereocenters. The maximum atomic E-state index is 9.48. The summed E-state index contributed by atoms with van der Waals surface area (Å²) in [4.78, 5) is 0. The number of rotatable bonds is 11. The summed E-state index contributed by atoms with van der Waals surface area (Å²) in [6, 6.07) is 21.5. The summed E-state index contributed by atoms with van der Waals surface area (Å²) in [5.41, 5.74) is 0. The van der Waals surface area contributed by atoms with Crippen LogP contribution in [0.2, 0.25) is 23.2 Å². The molecule has 2 rings (SSSR count). The predicted molar refractivity (Wildman–Crippen MR) is 168 cm³/mol. The molecular weight excluding hydrogens is 501 g/mol. The molecule has 0 aliphatic heterocycles. The number of benzene rings is 2. The van der Waals surface area contributed by atoms with Gasteiger partial charge in [-0.25, -0.2) is 0 Å². The molecule has 2 aromatic carbocycles. The molecule has 0 aliphatic carbocycles. The summed E-state index contributed by atoms with van der Waals surface area (Å²) >= 11 is 0. The number of allylic oxidation sites excluding steroid dienone is 1. The highest BCUT2D eigenvalue weighted by molar-refractivity contribution is 6.99. The van der Waals surface area contributed by atoms with Gasteiger partial charge in [0.15, 0.2) is 8.32 Å². The normalized spacial score (nSPS) is 14.7. The van der Waals surface area contributed by atoms with E-state index < -0.39 is 16.6 Å². The number of hydrogen-bond acceptors (Lipinski definition) is 3. The molecule has 1 N–H and O–H groups in total. The summed E-state index contributed by atoms with van der Waals surface area (Å²) in [5.74, 6) is 6.75. The van der Waals surface area contributed by atoms with Gasteiger partial charge in [0.1, 0.15) is 6.10 Å². The first kappa shape index (κ1) is 32.3. The van der Waals surface area contributed by atoms with Crippen molar-refractivity contribution in [3.63, 3.8) is 0 Å². The predicted octanol–water partition coefficient (Wildman–Crippen LogP) is 6.92. The van der Waals surface area contributed by atoms with E-state index in [1.54, 1.807) is 0 Å². The Morgan fingerprint density at radius 2 is 1.39 bits per heavy atom. The molecule has 5 heteroatoms. The quantitative estimate of drug-likeness (QED) is 0.187. The van der Waals surface area contributed by atoms with Gasteiger partial charge >= 0.3 is 0 Å². The van der Waals surface area contributed by atoms with Crippen molar-refractivity contribution in [2.24, 2.45) is 5.92 Å². The zero-order valence-corrected chi connectivity index (χ0v) is 27.2. The van der Waals surface area contributed by atoms with Gasteiger partial charge < -0.3 is 14.0 Å². The molecule has 0 radical (unpaired) electrons. The Kier molecular flexibility index (Phi) is 11.8. The van der Waals surface area contributed by atoms with E-state index in [0.717, 1.165) is 6.42 Å². The van der Waals surface area contributed by atoms with Crippen LogP contribution in [0.4, 0.5) is 0 Å². The molecule has 2 aromatic rings. The van der Waals surface area contributed by atoms with Crippen molar-refractivity contribution in [1.29, 1.82) is 0 Å². The van der Waals surface area contributed by atoms with Crippen LogP contribution in [0.3, 0.4) is 0 Å². The fourth-order valence-electron chi connectivity index (χ4n) is 4.45. The van der Waals surface area contributed by atoms with Gasteiger partial charge in [0.2, 0.25) is 0 Å². The average molecular weight is 551 g/mol. The summed E-state index contributed by atoms with van der Waals surface area (Å²) in [5, 5.41) is 12.2. The number of aliphatic hydroxyl groups excluding tert-OH is 1. The number of hydrogen-bond donors (Lipinski definition) is 1. The first-order chi connectivity index (χ1) is 17.8. The Morgan fingerprint density at radius 1 is 0.868 bits per heavy atom. The van der Waals surface area contributed by atoms with Gasteiger partial charge in [-0.3, -0.25) is 0 Å². The van der Waals surface area contributed by atoms with E-state index in [2.05, 4.69) is 140 Å². The number of aliphatic hydroxyl groups is 1. The van der Waals surface area contributed by atoms with Gasteiger partial charge in [-0.15, -0.1) is 0 Å². The minimum absolute atomic E-state index is 0.0314. The molecule has 0 saturated heterocycles. The third-order valence-corrected chi connectivity index (χ3v) is 17.3. The summed E-state index contributed by atoms with van der Waals surface area (Å²) in [7, 11) is -4.48. The van der Waals surface area contributed by atoms with Crippen molar-refractivity contribution >= 4 is 27.0 Å². The molecule has 0 amide bonds. The minimum atomic E-state index is -2.51. The van der Waals surface area contributed by atoms with Gasteiger partial charge in [-0.1, -0.05) is 127 Å². The van der Waals surface area contributed by atoms with Gasteiger partial charge in [-0.2, -0.15) is 0 Å². The Hall–Kier alpha value is -1.95. The monoisotopic (exact) mass is 550 g/mol. The fraction of sp³-hybridized carbons (Fsp3) is 0.515.